The Morgan fingerprint density at radius 1 is 1.06 bits per heavy atom. The molecule has 0 aliphatic heterocycles. The zero-order chi connectivity index (χ0) is 13.0. The average molecular weight is 238 g/mol. The maximum atomic E-state index is 6.12. The number of rotatable bonds is 5. The van der Waals surface area contributed by atoms with E-state index in [1.54, 1.807) is 0 Å². The van der Waals surface area contributed by atoms with Gasteiger partial charge in [0.2, 0.25) is 0 Å². The Morgan fingerprint density at radius 2 is 1.65 bits per heavy atom. The molecular weight excluding hydrogens is 210 g/mol. The van der Waals surface area contributed by atoms with Crippen molar-refractivity contribution >= 4 is 15.1 Å². The van der Waals surface area contributed by atoms with E-state index in [9.17, 15) is 0 Å². The lowest BCUT2D eigenvalue weighted by Crippen LogP contribution is -2.44. The molecule has 1 fully saturated rings. The van der Waals surface area contributed by atoms with Gasteiger partial charge in [-0.3, -0.25) is 0 Å². The molecule has 0 aromatic heterocycles. The lowest BCUT2D eigenvalue weighted by molar-refractivity contribution is -0.125. The second-order valence-electron chi connectivity index (χ2n) is 5.98. The van der Waals surface area contributed by atoms with Crippen molar-refractivity contribution in [3.8, 4) is 0 Å². The normalized spacial score (nSPS) is 34.3. The zero-order valence-corrected chi connectivity index (χ0v) is 12.4. The zero-order valence-electron chi connectivity index (χ0n) is 12.4. The quantitative estimate of drug-likeness (QED) is 0.682. The molecule has 0 saturated heterocycles. The van der Waals surface area contributed by atoms with Crippen LogP contribution in [0, 0.1) is 0 Å². The van der Waals surface area contributed by atoms with Gasteiger partial charge in [-0.1, -0.05) is 19.1 Å². The Morgan fingerprint density at radius 3 is 2.12 bits per heavy atom. The molecule has 0 N–H and O–H groups in total. The minimum atomic E-state index is 0.274. The van der Waals surface area contributed by atoms with Crippen LogP contribution in [0.1, 0.15) is 40.5 Å². The fourth-order valence-electron chi connectivity index (χ4n) is 3.01. The Hall–Kier alpha value is 0.0499. The van der Waals surface area contributed by atoms with Crippen molar-refractivity contribution < 1.29 is 9.47 Å². The summed E-state index contributed by atoms with van der Waals surface area (Å²) in [5, 5.41) is 0. The first kappa shape index (κ1) is 15.1. The molecule has 0 amide bonds. The summed E-state index contributed by atoms with van der Waals surface area (Å²) in [5.74, 6) is 1.41. The third-order valence-corrected chi connectivity index (χ3v) is 3.85. The molecule has 98 valence electrons. The minimum Gasteiger partial charge on any atom is -0.373 e. The Balaban J connectivity index is 2.69. The number of hydrogen-bond donors (Lipinski definition) is 0. The molecule has 0 bridgehead atoms. The van der Waals surface area contributed by atoms with E-state index in [1.165, 1.54) is 13.7 Å². The predicted molar refractivity (Wildman–Crippen MR) is 78.3 cm³/mol. The van der Waals surface area contributed by atoms with Gasteiger partial charge in [0.25, 0.3) is 0 Å². The topological polar surface area (TPSA) is 18.5 Å². The third-order valence-electron chi connectivity index (χ3n) is 3.85. The molecule has 17 heavy (non-hydrogen) atoms. The van der Waals surface area contributed by atoms with Crippen molar-refractivity contribution in [1.82, 2.24) is 0 Å². The third kappa shape index (κ3) is 4.33. The van der Waals surface area contributed by atoms with Crippen molar-refractivity contribution in [3.63, 3.8) is 0 Å². The van der Waals surface area contributed by atoms with Crippen LogP contribution in [0.2, 0.25) is 18.5 Å². The smallest absolute Gasteiger partial charge is 0.120 e. The van der Waals surface area contributed by atoms with Crippen LogP contribution in [-0.2, 0) is 9.47 Å². The monoisotopic (exact) mass is 238 g/mol. The molecule has 1 aliphatic rings. The minimum absolute atomic E-state index is 0.274. The largest absolute Gasteiger partial charge is 0.373 e. The van der Waals surface area contributed by atoms with E-state index in [-0.39, 0.29) is 18.3 Å². The molecule has 0 aromatic rings. The average Bonchev–Trinajstić information content (AvgIpc) is 2.22. The summed E-state index contributed by atoms with van der Waals surface area (Å²) in [6, 6.07) is 0. The summed E-state index contributed by atoms with van der Waals surface area (Å²) in [7, 11) is 3.59. The summed E-state index contributed by atoms with van der Waals surface area (Å²) in [5.41, 5.74) is 0. The van der Waals surface area contributed by atoms with Crippen molar-refractivity contribution in [3.05, 3.63) is 0 Å². The first-order valence-electron chi connectivity index (χ1n) is 7.26. The highest BCUT2D eigenvalue weighted by molar-refractivity contribution is 6.38. The summed E-state index contributed by atoms with van der Waals surface area (Å²) < 4.78 is 12.2. The molecule has 4 atom stereocenters. The molecule has 1 rings (SSSR count). The Kier molecular flexibility index (Phi) is 6.08. The Bertz CT molecular complexity index is 221. The maximum Gasteiger partial charge on any atom is 0.120 e. The summed E-state index contributed by atoms with van der Waals surface area (Å²) in [4.78, 5) is 0. The molecule has 4 heteroatoms. The fraction of sp³-hybridized carbons (Fsp3) is 1.00. The second-order valence-corrected chi connectivity index (χ2v) is 5.98. The lowest BCUT2D eigenvalue weighted by atomic mass is 9.50. The molecule has 0 aromatic carbocycles. The van der Waals surface area contributed by atoms with Crippen LogP contribution in [0.4, 0.5) is 0 Å². The summed E-state index contributed by atoms with van der Waals surface area (Å²) in [6.45, 7) is 10.8. The molecule has 1 saturated carbocycles. The molecule has 2 unspecified atom stereocenters. The highest BCUT2D eigenvalue weighted by Crippen LogP contribution is 2.40. The van der Waals surface area contributed by atoms with Gasteiger partial charge in [-0.25, -0.2) is 0 Å². The first-order valence-corrected chi connectivity index (χ1v) is 7.26. The number of hydrogen-bond acceptors (Lipinski definition) is 2. The maximum absolute atomic E-state index is 6.12. The molecule has 2 nitrogen and oxygen atoms in total. The van der Waals surface area contributed by atoms with Crippen LogP contribution < -0.4 is 0 Å². The molecule has 1 aliphatic carbocycles. The van der Waals surface area contributed by atoms with E-state index in [0.717, 1.165) is 12.2 Å². The Labute approximate surface area is 108 Å². The van der Waals surface area contributed by atoms with Crippen molar-refractivity contribution in [2.75, 3.05) is 0 Å². The fourth-order valence-corrected chi connectivity index (χ4v) is 3.01. The second kappa shape index (κ2) is 6.84. The van der Waals surface area contributed by atoms with E-state index in [0.29, 0.717) is 11.9 Å². The molecular formula is C13H28B2O2. The van der Waals surface area contributed by atoms with Gasteiger partial charge in [0.05, 0.1) is 24.4 Å². The highest BCUT2D eigenvalue weighted by Gasteiger charge is 2.38. The molecule has 0 spiro atoms. The summed E-state index contributed by atoms with van der Waals surface area (Å²) >= 11 is 0. The van der Waals surface area contributed by atoms with E-state index in [2.05, 4.69) is 42.4 Å². The van der Waals surface area contributed by atoms with Crippen molar-refractivity contribution in [2.24, 2.45) is 0 Å². The van der Waals surface area contributed by atoms with Crippen LogP contribution in [0.25, 0.3) is 0 Å². The standard InChI is InChI=1S/C13H28B2O2/c1-8(2)16-11-7-6-10(15-5)12(14)13(11)17-9(3)4/h8-13,15H,6-7,14H2,1-5H3/t10?,11?,12-,13+/m0/s1. The highest BCUT2D eigenvalue weighted by atomic mass is 16.5. The van der Waals surface area contributed by atoms with Crippen LogP contribution >= 0.6 is 0 Å². The SMILES string of the molecule is B[C@H]1C(BC)CCC(OC(C)C)[C@H]1OC(C)C. The van der Waals surface area contributed by atoms with Gasteiger partial charge in [-0.2, -0.15) is 0 Å². The molecule has 0 heterocycles. The van der Waals surface area contributed by atoms with E-state index in [1.807, 2.05) is 0 Å². The van der Waals surface area contributed by atoms with Crippen LogP contribution in [-0.4, -0.2) is 39.5 Å². The van der Waals surface area contributed by atoms with E-state index < -0.39 is 0 Å². The van der Waals surface area contributed by atoms with Gasteiger partial charge in [0.1, 0.15) is 15.1 Å². The van der Waals surface area contributed by atoms with Crippen molar-refractivity contribution in [2.45, 2.75) is 83.4 Å². The van der Waals surface area contributed by atoms with Crippen LogP contribution in [0.5, 0.6) is 0 Å². The van der Waals surface area contributed by atoms with E-state index >= 15 is 0 Å². The van der Waals surface area contributed by atoms with Gasteiger partial charge < -0.3 is 9.47 Å². The van der Waals surface area contributed by atoms with Gasteiger partial charge in [0, 0.05) is 0 Å². The van der Waals surface area contributed by atoms with Gasteiger partial charge >= 0.3 is 0 Å². The van der Waals surface area contributed by atoms with Crippen molar-refractivity contribution in [1.29, 1.82) is 0 Å². The summed E-state index contributed by atoms with van der Waals surface area (Å²) in [6.07, 6.45) is 3.58. The lowest BCUT2D eigenvalue weighted by Gasteiger charge is -2.42. The predicted octanol–water partition coefficient (Wildman–Crippen LogP) is 2.06. The van der Waals surface area contributed by atoms with Gasteiger partial charge in [0.15, 0.2) is 0 Å². The van der Waals surface area contributed by atoms with Gasteiger partial charge in [-0.15, -0.1) is 0 Å². The van der Waals surface area contributed by atoms with Gasteiger partial charge in [-0.05, 0) is 39.9 Å². The van der Waals surface area contributed by atoms with Crippen LogP contribution in [0.15, 0.2) is 0 Å². The van der Waals surface area contributed by atoms with E-state index in [4.69, 9.17) is 9.47 Å². The molecule has 0 radical (unpaired) electrons. The number of ether oxygens (including phenoxy) is 2. The first-order chi connectivity index (χ1) is 7.95. The van der Waals surface area contributed by atoms with Crippen LogP contribution in [0.3, 0.4) is 0 Å².